The summed E-state index contributed by atoms with van der Waals surface area (Å²) in [6.45, 7) is 6.23. The Balaban J connectivity index is 3.75. The smallest absolute Gasteiger partial charge is 0.352 e. The number of carbonyl (C=O) groups is 1. The van der Waals surface area contributed by atoms with Gasteiger partial charge in [-0.05, 0) is 13.3 Å². The summed E-state index contributed by atoms with van der Waals surface area (Å²) in [4.78, 5) is 20.6. The van der Waals surface area contributed by atoms with Crippen LogP contribution in [0.5, 0.6) is 0 Å². The normalized spacial score (nSPS) is 14.7. The number of likely N-dealkylation sites (N-methyl/N-ethyl adjacent to an activating group) is 1. The van der Waals surface area contributed by atoms with Crippen molar-refractivity contribution in [2.75, 3.05) is 47.4 Å². The van der Waals surface area contributed by atoms with Crippen molar-refractivity contribution in [2.24, 2.45) is 0 Å². The van der Waals surface area contributed by atoms with Gasteiger partial charge in [-0.1, -0.05) is 6.58 Å². The van der Waals surface area contributed by atoms with Crippen molar-refractivity contribution >= 4 is 13.7 Å². The van der Waals surface area contributed by atoms with E-state index in [4.69, 9.17) is 9.05 Å². The van der Waals surface area contributed by atoms with Gasteiger partial charge in [0.2, 0.25) is 5.91 Å². The molecule has 7 nitrogen and oxygen atoms in total. The van der Waals surface area contributed by atoms with Crippen LogP contribution in [-0.4, -0.2) is 62.7 Å². The molecule has 1 amide bonds. The number of phosphoric acid groups is 1. The van der Waals surface area contributed by atoms with E-state index < -0.39 is 7.82 Å². The first kappa shape index (κ1) is 19.3. The zero-order chi connectivity index (χ0) is 15.8. The molecule has 0 saturated carbocycles. The van der Waals surface area contributed by atoms with Crippen LogP contribution < -0.4 is 5.32 Å². The molecule has 0 aliphatic rings. The number of nitrogens with one attached hydrogen (secondary N) is 1. The zero-order valence-electron chi connectivity index (χ0n) is 12.7. The summed E-state index contributed by atoms with van der Waals surface area (Å²) in [6, 6.07) is 0. The lowest BCUT2D eigenvalue weighted by Gasteiger charge is -2.24. The van der Waals surface area contributed by atoms with Crippen LogP contribution in [0.15, 0.2) is 12.2 Å². The first-order valence-corrected chi connectivity index (χ1v) is 7.89. The summed E-state index contributed by atoms with van der Waals surface area (Å²) in [6.07, 6.45) is 0.419. The monoisotopic (exact) mass is 309 g/mol. The van der Waals surface area contributed by atoms with E-state index in [1.807, 2.05) is 21.1 Å². The second-order valence-corrected chi connectivity index (χ2v) is 6.99. The van der Waals surface area contributed by atoms with E-state index >= 15 is 0 Å². The average molecular weight is 309 g/mol. The summed E-state index contributed by atoms with van der Waals surface area (Å²) in [5, 5.41) is 2.60. The molecule has 0 aromatic carbocycles. The van der Waals surface area contributed by atoms with Crippen molar-refractivity contribution in [2.45, 2.75) is 13.3 Å². The molecule has 2 N–H and O–H groups in total. The number of hydrogen-bond donors (Lipinski definition) is 2. The van der Waals surface area contributed by atoms with Crippen LogP contribution in [0, 0.1) is 0 Å². The van der Waals surface area contributed by atoms with Crippen molar-refractivity contribution in [1.29, 1.82) is 0 Å². The first-order valence-electron chi connectivity index (χ1n) is 6.39. The summed E-state index contributed by atoms with van der Waals surface area (Å²) in [5.74, 6) is -0.239. The molecule has 0 aromatic rings. The molecule has 20 heavy (non-hydrogen) atoms. The highest BCUT2D eigenvalue weighted by atomic mass is 31.2. The largest absolute Gasteiger partial charge is 0.472 e. The van der Waals surface area contributed by atoms with Gasteiger partial charge in [0, 0.05) is 12.1 Å². The third kappa shape index (κ3) is 11.1. The number of hydrogen-bond acceptors (Lipinski definition) is 4. The van der Waals surface area contributed by atoms with E-state index in [1.165, 1.54) is 0 Å². The maximum absolute atomic E-state index is 11.5. The Bertz CT molecular complexity index is 379. The Labute approximate surface area is 120 Å². The standard InChI is InChI=1S/C12H25N2O5P/c1-11(2)12(15)13-7-6-9-18-20(16,17)19-10-8-14(3,4)5/h1,6-10H2,2-5H3,(H-,13,15,16,17)/p+1. The summed E-state index contributed by atoms with van der Waals surface area (Å²) in [7, 11) is 1.86. The minimum absolute atomic E-state index is 0.0363. The van der Waals surface area contributed by atoms with E-state index in [0.717, 1.165) is 0 Å². The molecule has 0 aliphatic carbocycles. The lowest BCUT2D eigenvalue weighted by molar-refractivity contribution is -0.870. The third-order valence-corrected chi connectivity index (χ3v) is 3.28. The van der Waals surface area contributed by atoms with Gasteiger partial charge in [-0.2, -0.15) is 0 Å². The molecule has 118 valence electrons. The fraction of sp³-hybridized carbons (Fsp3) is 0.750. The highest BCUT2D eigenvalue weighted by molar-refractivity contribution is 7.47. The molecule has 0 bridgehead atoms. The quantitative estimate of drug-likeness (QED) is 0.271. The predicted molar refractivity (Wildman–Crippen MR) is 77.1 cm³/mol. The van der Waals surface area contributed by atoms with Gasteiger partial charge >= 0.3 is 7.82 Å². The van der Waals surface area contributed by atoms with Crippen molar-refractivity contribution in [3.8, 4) is 0 Å². The van der Waals surface area contributed by atoms with Crippen LogP contribution in [0.25, 0.3) is 0 Å². The number of phosphoric ester groups is 1. The van der Waals surface area contributed by atoms with Crippen molar-refractivity contribution in [1.82, 2.24) is 5.32 Å². The molecular formula is C12H26N2O5P+. The lowest BCUT2D eigenvalue weighted by atomic mass is 10.3. The Morgan fingerprint density at radius 3 is 2.35 bits per heavy atom. The van der Waals surface area contributed by atoms with Crippen LogP contribution in [0.3, 0.4) is 0 Å². The van der Waals surface area contributed by atoms with Crippen molar-refractivity contribution in [3.05, 3.63) is 12.2 Å². The van der Waals surface area contributed by atoms with Crippen LogP contribution in [0.4, 0.5) is 0 Å². The number of amides is 1. The van der Waals surface area contributed by atoms with Crippen LogP contribution in [0.1, 0.15) is 13.3 Å². The van der Waals surface area contributed by atoms with Crippen molar-refractivity contribution < 1.29 is 27.8 Å². The molecule has 0 fully saturated rings. The Hall–Kier alpha value is -0.720. The number of nitrogens with zero attached hydrogens (tertiary/aromatic N) is 1. The summed E-state index contributed by atoms with van der Waals surface area (Å²) in [5.41, 5.74) is 0.419. The third-order valence-electron chi connectivity index (χ3n) is 2.27. The van der Waals surface area contributed by atoms with Gasteiger partial charge in [-0.25, -0.2) is 4.57 Å². The highest BCUT2D eigenvalue weighted by Gasteiger charge is 2.22. The maximum Gasteiger partial charge on any atom is 0.472 e. The SMILES string of the molecule is C=C(C)C(=O)NCCCOP(=O)(O)OCC[N+](C)(C)C. The van der Waals surface area contributed by atoms with E-state index in [-0.39, 0.29) is 19.1 Å². The number of rotatable bonds is 10. The molecule has 0 rings (SSSR count). The molecule has 0 radical (unpaired) electrons. The fourth-order valence-electron chi connectivity index (χ4n) is 1.07. The number of carbonyl (C=O) groups excluding carboxylic acids is 1. The molecule has 0 saturated heterocycles. The maximum atomic E-state index is 11.5. The Morgan fingerprint density at radius 2 is 1.85 bits per heavy atom. The predicted octanol–water partition coefficient (Wildman–Crippen LogP) is 0.909. The second-order valence-electron chi connectivity index (χ2n) is 5.54. The lowest BCUT2D eigenvalue weighted by Crippen LogP contribution is -2.37. The Morgan fingerprint density at radius 1 is 1.30 bits per heavy atom. The van der Waals surface area contributed by atoms with Crippen LogP contribution in [-0.2, 0) is 18.4 Å². The topological polar surface area (TPSA) is 84.9 Å². The van der Waals surface area contributed by atoms with Gasteiger partial charge in [-0.3, -0.25) is 13.8 Å². The van der Waals surface area contributed by atoms with Gasteiger partial charge in [0.25, 0.3) is 0 Å². The summed E-state index contributed by atoms with van der Waals surface area (Å²) >= 11 is 0. The van der Waals surface area contributed by atoms with Gasteiger partial charge < -0.3 is 14.7 Å². The number of quaternary nitrogens is 1. The molecule has 0 heterocycles. The first-order chi connectivity index (χ1) is 9.03. The van der Waals surface area contributed by atoms with E-state index in [9.17, 15) is 14.3 Å². The molecule has 1 atom stereocenters. The average Bonchev–Trinajstić information content (AvgIpc) is 2.25. The zero-order valence-corrected chi connectivity index (χ0v) is 13.6. The summed E-state index contributed by atoms with van der Waals surface area (Å²) < 4.78 is 21.8. The van der Waals surface area contributed by atoms with E-state index in [0.29, 0.717) is 29.6 Å². The molecular weight excluding hydrogens is 283 g/mol. The van der Waals surface area contributed by atoms with Gasteiger partial charge in [0.05, 0.1) is 27.7 Å². The minimum atomic E-state index is -4.00. The van der Waals surface area contributed by atoms with E-state index in [1.54, 1.807) is 6.92 Å². The van der Waals surface area contributed by atoms with Crippen LogP contribution in [0.2, 0.25) is 0 Å². The second kappa shape index (κ2) is 8.54. The molecule has 0 spiro atoms. The molecule has 8 heteroatoms. The van der Waals surface area contributed by atoms with Crippen LogP contribution >= 0.6 is 7.82 Å². The van der Waals surface area contributed by atoms with Gasteiger partial charge in [0.1, 0.15) is 13.2 Å². The fourth-order valence-corrected chi connectivity index (χ4v) is 1.82. The van der Waals surface area contributed by atoms with Gasteiger partial charge in [0.15, 0.2) is 0 Å². The molecule has 0 aliphatic heterocycles. The minimum Gasteiger partial charge on any atom is -0.352 e. The molecule has 1 unspecified atom stereocenters. The highest BCUT2D eigenvalue weighted by Crippen LogP contribution is 2.42. The van der Waals surface area contributed by atoms with Crippen molar-refractivity contribution in [3.63, 3.8) is 0 Å². The van der Waals surface area contributed by atoms with E-state index in [2.05, 4.69) is 11.9 Å². The molecule has 0 aromatic heterocycles. The Kier molecular flexibility index (Phi) is 8.23. The van der Waals surface area contributed by atoms with Gasteiger partial charge in [-0.15, -0.1) is 0 Å².